The van der Waals surface area contributed by atoms with Crippen LogP contribution in [0.5, 0.6) is 5.75 Å². The maximum absolute atomic E-state index is 5.34. The molecular formula is C9H8AlAuMoO. The fourth-order valence-electron chi connectivity index (χ4n) is 1.06. The van der Waals surface area contributed by atoms with Crippen molar-refractivity contribution in [2.24, 2.45) is 0 Å². The molecule has 0 unspecified atom stereocenters. The Morgan fingerprint density at radius 1 is 1.15 bits per heavy atom. The van der Waals surface area contributed by atoms with Gasteiger partial charge in [0.1, 0.15) is 12.4 Å². The molecule has 1 aliphatic heterocycles. The van der Waals surface area contributed by atoms with E-state index >= 15 is 0 Å². The summed E-state index contributed by atoms with van der Waals surface area (Å²) in [6.07, 6.45) is 4.10. The number of hydrogen-bond acceptors (Lipinski definition) is 1. The Morgan fingerprint density at radius 2 is 1.85 bits per heavy atom. The van der Waals surface area contributed by atoms with Crippen LogP contribution in [0.1, 0.15) is 5.56 Å². The molecule has 13 heavy (non-hydrogen) atoms. The average Bonchev–Trinajstić information content (AvgIpc) is 2.05. The Kier molecular flexibility index (Phi) is 10.0. The number of ether oxygens (including phenoxy) is 1. The van der Waals surface area contributed by atoms with Gasteiger partial charge in [0.25, 0.3) is 0 Å². The fraction of sp³-hybridized carbons (Fsp3) is 0.111. The second-order valence-corrected chi connectivity index (χ2v) is 2.25. The molecule has 0 spiro atoms. The summed E-state index contributed by atoms with van der Waals surface area (Å²) in [5, 5.41) is 0. The summed E-state index contributed by atoms with van der Waals surface area (Å²) in [6, 6.07) is 8.03. The van der Waals surface area contributed by atoms with Gasteiger partial charge < -0.3 is 4.74 Å². The van der Waals surface area contributed by atoms with E-state index in [1.54, 1.807) is 0 Å². The molecule has 0 aromatic heterocycles. The third kappa shape index (κ3) is 4.17. The third-order valence-corrected chi connectivity index (χ3v) is 1.55. The summed E-state index contributed by atoms with van der Waals surface area (Å²) < 4.78 is 5.34. The molecule has 2 rings (SSSR count). The van der Waals surface area contributed by atoms with Gasteiger partial charge in [-0.2, -0.15) is 0 Å². The van der Waals surface area contributed by atoms with Gasteiger partial charge in [-0.05, 0) is 12.1 Å². The zero-order valence-electron chi connectivity index (χ0n) is 6.87. The summed E-state index contributed by atoms with van der Waals surface area (Å²) in [5.74, 6) is 0.991. The second kappa shape index (κ2) is 8.06. The first-order valence-electron chi connectivity index (χ1n) is 3.35. The van der Waals surface area contributed by atoms with Crippen molar-refractivity contribution in [3.05, 3.63) is 35.9 Å². The van der Waals surface area contributed by atoms with Crippen LogP contribution in [0.2, 0.25) is 0 Å². The van der Waals surface area contributed by atoms with E-state index in [2.05, 4.69) is 6.08 Å². The molecule has 1 nitrogen and oxygen atoms in total. The molecule has 1 aromatic carbocycles. The third-order valence-electron chi connectivity index (χ3n) is 1.55. The van der Waals surface area contributed by atoms with Gasteiger partial charge in [0.05, 0.1) is 0 Å². The Morgan fingerprint density at radius 3 is 2.54 bits per heavy atom. The van der Waals surface area contributed by atoms with Gasteiger partial charge in [0.15, 0.2) is 0 Å². The van der Waals surface area contributed by atoms with E-state index in [0.29, 0.717) is 6.61 Å². The number of para-hydroxylation sites is 1. The molecule has 1 aliphatic rings. The van der Waals surface area contributed by atoms with Crippen LogP contribution in [0.25, 0.3) is 6.08 Å². The Hall–Kier alpha value is 0.721. The van der Waals surface area contributed by atoms with E-state index in [1.807, 2.05) is 30.3 Å². The number of hydrogen-bond donors (Lipinski definition) is 0. The first kappa shape index (κ1) is 16.2. The molecule has 0 aliphatic carbocycles. The van der Waals surface area contributed by atoms with E-state index in [0.717, 1.165) is 5.75 Å². The summed E-state index contributed by atoms with van der Waals surface area (Å²) in [4.78, 5) is 0. The monoisotopic (exact) mass is 454 g/mol. The predicted octanol–water partition coefficient (Wildman–Crippen LogP) is 1.71. The second-order valence-electron chi connectivity index (χ2n) is 2.25. The van der Waals surface area contributed by atoms with Crippen molar-refractivity contribution in [1.82, 2.24) is 0 Å². The van der Waals surface area contributed by atoms with Crippen LogP contribution in [0, 0.1) is 0 Å². The molecule has 0 saturated carbocycles. The van der Waals surface area contributed by atoms with Crippen molar-refractivity contribution in [2.45, 2.75) is 0 Å². The van der Waals surface area contributed by atoms with Crippen LogP contribution in [-0.2, 0) is 43.4 Å². The standard InChI is InChI=1S/C9H8O.Al.Au.Mo/c1-2-6-9-8(4-1)5-3-7-10-9;;;/h1-6H,7H2;;;. The van der Waals surface area contributed by atoms with Gasteiger partial charge in [-0.3, -0.25) is 0 Å². The molecular weight excluding hydrogens is 444 g/mol. The van der Waals surface area contributed by atoms with Crippen molar-refractivity contribution in [3.8, 4) is 5.75 Å². The van der Waals surface area contributed by atoms with Gasteiger partial charge in [0.2, 0.25) is 0 Å². The SMILES string of the molecule is C1=Cc2ccccc2OC1.[Al].[Au].[Mo]. The Bertz CT molecular complexity index is 278. The summed E-state index contributed by atoms with van der Waals surface area (Å²) in [6.45, 7) is 0.705. The minimum atomic E-state index is 0. The van der Waals surface area contributed by atoms with Crippen LogP contribution in [0.15, 0.2) is 30.3 Å². The van der Waals surface area contributed by atoms with E-state index in [4.69, 9.17) is 4.74 Å². The van der Waals surface area contributed by atoms with Crippen LogP contribution in [0.4, 0.5) is 0 Å². The minimum absolute atomic E-state index is 0. The normalized spacial score (nSPS) is 10.8. The van der Waals surface area contributed by atoms with Crippen LogP contribution in [0.3, 0.4) is 0 Å². The Labute approximate surface area is 119 Å². The van der Waals surface area contributed by atoms with E-state index in [-0.39, 0.29) is 60.8 Å². The molecule has 0 amide bonds. The minimum Gasteiger partial charge on any atom is -0.489 e. The molecule has 1 aromatic rings. The van der Waals surface area contributed by atoms with Crippen molar-refractivity contribution in [1.29, 1.82) is 0 Å². The average molecular weight is 452 g/mol. The summed E-state index contributed by atoms with van der Waals surface area (Å²) >= 11 is 0. The molecule has 0 atom stereocenters. The number of benzene rings is 1. The predicted molar refractivity (Wildman–Crippen MR) is 46.7 cm³/mol. The first-order chi connectivity index (χ1) is 4.97. The van der Waals surface area contributed by atoms with Gasteiger partial charge in [-0.15, -0.1) is 0 Å². The van der Waals surface area contributed by atoms with Crippen LogP contribution in [-0.4, -0.2) is 24.0 Å². The van der Waals surface area contributed by atoms with E-state index in [1.165, 1.54) is 5.56 Å². The van der Waals surface area contributed by atoms with E-state index in [9.17, 15) is 0 Å². The van der Waals surface area contributed by atoms with Crippen molar-refractivity contribution in [3.63, 3.8) is 0 Å². The van der Waals surface area contributed by atoms with Crippen LogP contribution < -0.4 is 4.74 Å². The molecule has 4 heteroatoms. The molecule has 1 heterocycles. The fourth-order valence-corrected chi connectivity index (χ4v) is 1.06. The van der Waals surface area contributed by atoms with Crippen molar-refractivity contribution >= 4 is 23.4 Å². The smallest absolute Gasteiger partial charge is 0.126 e. The molecule has 0 bridgehead atoms. The molecule has 0 fully saturated rings. The molecule has 0 N–H and O–H groups in total. The maximum Gasteiger partial charge on any atom is 0.126 e. The molecule has 70 valence electrons. The van der Waals surface area contributed by atoms with Crippen molar-refractivity contribution in [2.75, 3.05) is 6.61 Å². The molecule has 0 saturated heterocycles. The largest absolute Gasteiger partial charge is 0.489 e. The zero-order valence-corrected chi connectivity index (χ0v) is 12.2. The van der Waals surface area contributed by atoms with Gasteiger partial charge in [0, 0.05) is 66.4 Å². The van der Waals surface area contributed by atoms with Gasteiger partial charge >= 0.3 is 0 Å². The first-order valence-corrected chi connectivity index (χ1v) is 3.35. The topological polar surface area (TPSA) is 9.23 Å². The summed E-state index contributed by atoms with van der Waals surface area (Å²) in [7, 11) is 0. The van der Waals surface area contributed by atoms with Crippen LogP contribution >= 0.6 is 0 Å². The van der Waals surface area contributed by atoms with Crippen molar-refractivity contribution < 1.29 is 48.2 Å². The summed E-state index contributed by atoms with van der Waals surface area (Å²) in [5.41, 5.74) is 1.17. The zero-order chi connectivity index (χ0) is 6.81. The van der Waals surface area contributed by atoms with Gasteiger partial charge in [-0.1, -0.05) is 24.3 Å². The quantitative estimate of drug-likeness (QED) is 0.546. The van der Waals surface area contributed by atoms with E-state index < -0.39 is 0 Å². The number of rotatable bonds is 0. The Balaban J connectivity index is 0. The van der Waals surface area contributed by atoms with Gasteiger partial charge in [-0.25, -0.2) is 0 Å². The maximum atomic E-state index is 5.34. The molecule has 4 radical (unpaired) electrons. The number of fused-ring (bicyclic) bond motifs is 1.